The van der Waals surface area contributed by atoms with E-state index in [2.05, 4.69) is 35.3 Å². The fourth-order valence-electron chi connectivity index (χ4n) is 2.06. The number of aryl methyl sites for hydroxylation is 1. The molecule has 0 atom stereocenters. The van der Waals surface area contributed by atoms with Crippen LogP contribution in [0.1, 0.15) is 36.8 Å². The van der Waals surface area contributed by atoms with Crippen molar-refractivity contribution in [1.29, 1.82) is 5.26 Å². The van der Waals surface area contributed by atoms with E-state index in [9.17, 15) is 0 Å². The molecule has 2 aromatic heterocycles. The zero-order valence-electron chi connectivity index (χ0n) is 11.6. The van der Waals surface area contributed by atoms with Crippen molar-refractivity contribution < 1.29 is 0 Å². The third kappa shape index (κ3) is 2.43. The van der Waals surface area contributed by atoms with Gasteiger partial charge in [0.2, 0.25) is 0 Å². The average Bonchev–Trinajstić information content (AvgIpc) is 2.67. The standard InChI is InChI=1S/C14H17N5/c1-9(2)19-11(4)13(10(3)18-19)17-14-12(8-15)6-5-7-16-14/h5-7,9H,1-4H3,(H,16,17). The lowest BCUT2D eigenvalue weighted by Gasteiger charge is -2.10. The second-order valence-corrected chi connectivity index (χ2v) is 4.72. The van der Waals surface area contributed by atoms with E-state index in [1.807, 2.05) is 18.5 Å². The second-order valence-electron chi connectivity index (χ2n) is 4.72. The maximum absolute atomic E-state index is 9.08. The number of aromatic nitrogens is 3. The van der Waals surface area contributed by atoms with Crippen LogP contribution in [0, 0.1) is 25.2 Å². The summed E-state index contributed by atoms with van der Waals surface area (Å²) in [5, 5.41) is 16.8. The van der Waals surface area contributed by atoms with Crippen molar-refractivity contribution in [3.05, 3.63) is 35.3 Å². The Hall–Kier alpha value is -2.35. The maximum Gasteiger partial charge on any atom is 0.148 e. The number of pyridine rings is 1. The minimum atomic E-state index is 0.299. The lowest BCUT2D eigenvalue weighted by atomic mass is 10.2. The van der Waals surface area contributed by atoms with Crippen molar-refractivity contribution in [2.75, 3.05) is 5.32 Å². The largest absolute Gasteiger partial charge is 0.336 e. The summed E-state index contributed by atoms with van der Waals surface area (Å²) in [4.78, 5) is 4.21. The van der Waals surface area contributed by atoms with Crippen LogP contribution >= 0.6 is 0 Å². The fourth-order valence-corrected chi connectivity index (χ4v) is 2.06. The van der Waals surface area contributed by atoms with Crippen molar-refractivity contribution in [2.24, 2.45) is 0 Å². The summed E-state index contributed by atoms with van der Waals surface area (Å²) in [6.07, 6.45) is 1.67. The Balaban J connectivity index is 2.42. The number of hydrogen-bond acceptors (Lipinski definition) is 4. The van der Waals surface area contributed by atoms with Gasteiger partial charge < -0.3 is 5.32 Å². The lowest BCUT2D eigenvalue weighted by molar-refractivity contribution is 0.516. The number of nitriles is 1. The molecule has 0 aliphatic heterocycles. The van der Waals surface area contributed by atoms with Crippen LogP contribution in [-0.2, 0) is 0 Å². The molecule has 0 fully saturated rings. The summed E-state index contributed by atoms with van der Waals surface area (Å²) in [6.45, 7) is 8.13. The molecule has 0 saturated carbocycles. The van der Waals surface area contributed by atoms with Gasteiger partial charge in [0.1, 0.15) is 11.9 Å². The molecular weight excluding hydrogens is 238 g/mol. The normalized spacial score (nSPS) is 10.5. The average molecular weight is 255 g/mol. The third-order valence-corrected chi connectivity index (χ3v) is 2.99. The van der Waals surface area contributed by atoms with E-state index in [0.29, 0.717) is 17.4 Å². The van der Waals surface area contributed by atoms with E-state index in [-0.39, 0.29) is 0 Å². The Morgan fingerprint density at radius 2 is 2.11 bits per heavy atom. The van der Waals surface area contributed by atoms with Crippen LogP contribution in [0.15, 0.2) is 18.3 Å². The van der Waals surface area contributed by atoms with Gasteiger partial charge in [-0.05, 0) is 39.8 Å². The van der Waals surface area contributed by atoms with Crippen molar-refractivity contribution >= 4 is 11.5 Å². The molecule has 19 heavy (non-hydrogen) atoms. The highest BCUT2D eigenvalue weighted by molar-refractivity contribution is 5.66. The maximum atomic E-state index is 9.08. The molecule has 0 aliphatic rings. The van der Waals surface area contributed by atoms with E-state index in [1.54, 1.807) is 18.3 Å². The molecule has 0 aromatic carbocycles. The summed E-state index contributed by atoms with van der Waals surface area (Å²) in [5.41, 5.74) is 3.39. The van der Waals surface area contributed by atoms with E-state index in [4.69, 9.17) is 5.26 Å². The molecule has 0 unspecified atom stereocenters. The Kier molecular flexibility index (Phi) is 3.52. The quantitative estimate of drug-likeness (QED) is 0.915. The fraction of sp³-hybridized carbons (Fsp3) is 0.357. The molecule has 98 valence electrons. The smallest absolute Gasteiger partial charge is 0.148 e. The number of rotatable bonds is 3. The highest BCUT2D eigenvalue weighted by Gasteiger charge is 2.15. The molecule has 0 saturated heterocycles. The molecule has 0 radical (unpaired) electrons. The molecule has 0 spiro atoms. The Morgan fingerprint density at radius 1 is 1.37 bits per heavy atom. The second kappa shape index (κ2) is 5.11. The van der Waals surface area contributed by atoms with Crippen LogP contribution in [0.5, 0.6) is 0 Å². The SMILES string of the molecule is Cc1nn(C(C)C)c(C)c1Nc1ncccc1C#N. The molecule has 2 aromatic rings. The topological polar surface area (TPSA) is 66.5 Å². The van der Waals surface area contributed by atoms with Crippen molar-refractivity contribution in [3.8, 4) is 6.07 Å². The molecular formula is C14H17N5. The summed E-state index contributed by atoms with van der Waals surface area (Å²) in [7, 11) is 0. The van der Waals surface area contributed by atoms with Crippen LogP contribution < -0.4 is 5.32 Å². The van der Waals surface area contributed by atoms with E-state index in [0.717, 1.165) is 17.1 Å². The predicted molar refractivity (Wildman–Crippen MR) is 74.3 cm³/mol. The van der Waals surface area contributed by atoms with Gasteiger partial charge in [0, 0.05) is 12.2 Å². The molecule has 0 amide bonds. The van der Waals surface area contributed by atoms with Gasteiger partial charge in [0.05, 0.1) is 22.6 Å². The van der Waals surface area contributed by atoms with Crippen molar-refractivity contribution in [2.45, 2.75) is 33.7 Å². The Morgan fingerprint density at radius 3 is 2.68 bits per heavy atom. The van der Waals surface area contributed by atoms with Gasteiger partial charge in [0.15, 0.2) is 0 Å². The molecule has 5 nitrogen and oxygen atoms in total. The number of nitrogens with zero attached hydrogens (tertiary/aromatic N) is 4. The van der Waals surface area contributed by atoms with Crippen LogP contribution in [0.25, 0.3) is 0 Å². The van der Waals surface area contributed by atoms with Gasteiger partial charge in [-0.1, -0.05) is 0 Å². The molecule has 0 bridgehead atoms. The first kappa shape index (κ1) is 13.1. The molecule has 5 heteroatoms. The van der Waals surface area contributed by atoms with E-state index < -0.39 is 0 Å². The lowest BCUT2D eigenvalue weighted by Crippen LogP contribution is -2.05. The highest BCUT2D eigenvalue weighted by atomic mass is 15.3. The summed E-state index contributed by atoms with van der Waals surface area (Å²) in [5.74, 6) is 0.569. The molecule has 0 aliphatic carbocycles. The van der Waals surface area contributed by atoms with Gasteiger partial charge in [-0.3, -0.25) is 4.68 Å². The number of nitrogens with one attached hydrogen (secondary N) is 1. The van der Waals surface area contributed by atoms with Crippen LogP contribution in [-0.4, -0.2) is 14.8 Å². The zero-order valence-corrected chi connectivity index (χ0v) is 11.6. The zero-order chi connectivity index (χ0) is 14.0. The first-order valence-corrected chi connectivity index (χ1v) is 6.22. The van der Waals surface area contributed by atoms with Crippen molar-refractivity contribution in [3.63, 3.8) is 0 Å². The minimum Gasteiger partial charge on any atom is -0.336 e. The third-order valence-electron chi connectivity index (χ3n) is 2.99. The first-order chi connectivity index (χ1) is 9.04. The van der Waals surface area contributed by atoms with Gasteiger partial charge in [-0.15, -0.1) is 0 Å². The predicted octanol–water partition coefficient (Wildman–Crippen LogP) is 3.09. The van der Waals surface area contributed by atoms with Crippen LogP contribution in [0.2, 0.25) is 0 Å². The Labute approximate surface area is 112 Å². The van der Waals surface area contributed by atoms with Gasteiger partial charge >= 0.3 is 0 Å². The summed E-state index contributed by atoms with van der Waals surface area (Å²) >= 11 is 0. The first-order valence-electron chi connectivity index (χ1n) is 6.22. The minimum absolute atomic E-state index is 0.299. The summed E-state index contributed by atoms with van der Waals surface area (Å²) < 4.78 is 1.96. The van der Waals surface area contributed by atoms with E-state index >= 15 is 0 Å². The number of anilines is 2. The Bertz CT molecular complexity index is 634. The van der Waals surface area contributed by atoms with E-state index in [1.165, 1.54) is 0 Å². The van der Waals surface area contributed by atoms with Crippen LogP contribution in [0.3, 0.4) is 0 Å². The summed E-state index contributed by atoms with van der Waals surface area (Å²) in [6, 6.07) is 5.93. The molecule has 2 rings (SSSR count). The van der Waals surface area contributed by atoms with Gasteiger partial charge in [-0.2, -0.15) is 10.4 Å². The van der Waals surface area contributed by atoms with Crippen molar-refractivity contribution in [1.82, 2.24) is 14.8 Å². The van der Waals surface area contributed by atoms with Gasteiger partial charge in [0.25, 0.3) is 0 Å². The van der Waals surface area contributed by atoms with Gasteiger partial charge in [-0.25, -0.2) is 4.98 Å². The highest BCUT2D eigenvalue weighted by Crippen LogP contribution is 2.26. The molecule has 1 N–H and O–H groups in total. The van der Waals surface area contributed by atoms with Crippen LogP contribution in [0.4, 0.5) is 11.5 Å². The molecule has 2 heterocycles. The monoisotopic (exact) mass is 255 g/mol. The number of hydrogen-bond donors (Lipinski definition) is 1.